The van der Waals surface area contributed by atoms with Crippen molar-refractivity contribution in [1.29, 1.82) is 0 Å². The van der Waals surface area contributed by atoms with Crippen molar-refractivity contribution in [1.82, 2.24) is 0 Å². The minimum absolute atomic E-state index is 0. The number of unbranched alkanes of at least 4 members (excludes halogenated alkanes) is 14. The van der Waals surface area contributed by atoms with Gasteiger partial charge in [0.15, 0.2) is 5.78 Å². The average molecular weight is 428 g/mol. The van der Waals surface area contributed by atoms with Gasteiger partial charge in [-0.05, 0) is 6.42 Å². The van der Waals surface area contributed by atoms with Gasteiger partial charge in [0.05, 0.1) is 5.75 Å². The maximum absolute atomic E-state index is 11.6. The molecule has 28 heavy (non-hydrogen) atoms. The summed E-state index contributed by atoms with van der Waals surface area (Å²) < 4.78 is 27.1. The van der Waals surface area contributed by atoms with Crippen molar-refractivity contribution < 1.29 is 47.0 Å². The van der Waals surface area contributed by atoms with Gasteiger partial charge in [0.2, 0.25) is 0 Å². The molecule has 0 aliphatic rings. The van der Waals surface area contributed by atoms with Crippen molar-refractivity contribution in [3.8, 4) is 0 Å². The molecule has 0 aromatic rings. The van der Waals surface area contributed by atoms with Crippen LogP contribution in [0.3, 0.4) is 0 Å². The molecule has 0 aromatic heterocycles. The smallest absolute Gasteiger partial charge is 0.677 e. The van der Waals surface area contributed by atoms with Crippen LogP contribution in [0.15, 0.2) is 0 Å². The Morgan fingerprint density at radius 3 is 1.54 bits per heavy atom. The van der Waals surface area contributed by atoms with Gasteiger partial charge in [-0.3, -0.25) is 8.98 Å². The van der Waals surface area contributed by atoms with Gasteiger partial charge in [0.25, 0.3) is 10.1 Å². The van der Waals surface area contributed by atoms with Gasteiger partial charge in [0.1, 0.15) is 6.61 Å². The van der Waals surface area contributed by atoms with Crippen LogP contribution >= 0.6 is 0 Å². The fraction of sp³-hybridized carbons (Fsp3) is 0.952. The van der Waals surface area contributed by atoms with E-state index >= 15 is 0 Å². The standard InChI is InChI=1S/C21H42NO4S.Na/c1-2-3-4-5-6-7-8-9-10-11-12-13-14-15-16-17-21(23)20-26-27(24,25)19-18-22;/h22H,2-20H2,1H3;/q-1;+1. The molecule has 0 amide bonds. The second kappa shape index (κ2) is 22.2. The van der Waals surface area contributed by atoms with E-state index in [1.165, 1.54) is 77.0 Å². The van der Waals surface area contributed by atoms with Crippen molar-refractivity contribution in [2.45, 2.75) is 110 Å². The topological polar surface area (TPSA) is 84.2 Å². The van der Waals surface area contributed by atoms with Gasteiger partial charge in [-0.25, -0.2) is 0 Å². The largest absolute Gasteiger partial charge is 1.00 e. The molecular formula is C21H42NNaO4S. The summed E-state index contributed by atoms with van der Waals surface area (Å²) >= 11 is 0. The maximum Gasteiger partial charge on any atom is 1.00 e. The van der Waals surface area contributed by atoms with E-state index in [9.17, 15) is 13.2 Å². The van der Waals surface area contributed by atoms with Gasteiger partial charge in [0, 0.05) is 6.42 Å². The Morgan fingerprint density at radius 2 is 1.14 bits per heavy atom. The molecule has 0 atom stereocenters. The Labute approximate surface area is 196 Å². The average Bonchev–Trinajstić information content (AvgIpc) is 2.63. The number of ketones is 1. The number of hydrogen-bond donors (Lipinski definition) is 0. The Kier molecular flexibility index (Phi) is 24.4. The summed E-state index contributed by atoms with van der Waals surface area (Å²) in [6.45, 7) is 1.64. The predicted molar refractivity (Wildman–Crippen MR) is 113 cm³/mol. The van der Waals surface area contributed by atoms with Gasteiger partial charge < -0.3 is 5.73 Å². The predicted octanol–water partition coefficient (Wildman–Crippen LogP) is 3.22. The Bertz CT molecular complexity index is 444. The molecule has 0 unspecified atom stereocenters. The van der Waals surface area contributed by atoms with Gasteiger partial charge in [-0.2, -0.15) is 8.42 Å². The van der Waals surface area contributed by atoms with E-state index in [4.69, 9.17) is 5.73 Å². The number of Topliss-reactive ketones (excluding diaryl/α,β-unsaturated/α-hetero) is 1. The molecule has 0 spiro atoms. The van der Waals surface area contributed by atoms with Crippen LogP contribution < -0.4 is 29.6 Å². The monoisotopic (exact) mass is 427 g/mol. The first-order chi connectivity index (χ1) is 13.0. The zero-order valence-electron chi connectivity index (χ0n) is 18.5. The number of carbonyl (C=O) groups is 1. The summed E-state index contributed by atoms with van der Waals surface area (Å²) in [6.07, 6.45) is 19.6. The summed E-state index contributed by atoms with van der Waals surface area (Å²) in [7, 11) is -3.69. The molecule has 0 bridgehead atoms. The van der Waals surface area contributed by atoms with E-state index < -0.39 is 10.1 Å². The van der Waals surface area contributed by atoms with E-state index in [0.29, 0.717) is 6.42 Å². The summed E-state index contributed by atoms with van der Waals surface area (Å²) in [5.41, 5.74) is 6.88. The number of nitrogens with one attached hydrogen (secondary N) is 1. The minimum Gasteiger partial charge on any atom is -0.677 e. The van der Waals surface area contributed by atoms with Gasteiger partial charge in [-0.1, -0.05) is 96.8 Å². The van der Waals surface area contributed by atoms with Crippen LogP contribution in [0.4, 0.5) is 0 Å². The molecule has 0 aliphatic carbocycles. The molecule has 0 saturated carbocycles. The van der Waals surface area contributed by atoms with E-state index in [1.807, 2.05) is 0 Å². The summed E-state index contributed by atoms with van der Waals surface area (Å²) in [5.74, 6) is -0.516. The van der Waals surface area contributed by atoms with Crippen molar-refractivity contribution >= 4 is 15.9 Å². The third-order valence-electron chi connectivity index (χ3n) is 4.81. The maximum atomic E-state index is 11.6. The second-order valence-electron chi connectivity index (χ2n) is 7.51. The first-order valence-corrected chi connectivity index (χ1v) is 12.6. The summed E-state index contributed by atoms with van der Waals surface area (Å²) in [6, 6.07) is 0. The van der Waals surface area contributed by atoms with Crippen LogP contribution in [-0.2, 0) is 19.1 Å². The van der Waals surface area contributed by atoms with E-state index in [2.05, 4.69) is 11.1 Å². The Hall–Kier alpha value is 0.540. The van der Waals surface area contributed by atoms with E-state index in [-0.39, 0.29) is 54.2 Å². The normalized spacial score (nSPS) is 11.4. The first kappa shape index (κ1) is 30.7. The number of carbonyl (C=O) groups excluding carboxylic acids is 1. The molecule has 0 aliphatic heterocycles. The van der Waals surface area contributed by atoms with Crippen LogP contribution in [0.5, 0.6) is 0 Å². The van der Waals surface area contributed by atoms with Crippen molar-refractivity contribution in [2.24, 2.45) is 0 Å². The first-order valence-electron chi connectivity index (χ1n) is 11.0. The molecule has 1 N–H and O–H groups in total. The zero-order chi connectivity index (χ0) is 20.2. The molecule has 0 aromatic carbocycles. The van der Waals surface area contributed by atoms with Crippen molar-refractivity contribution in [3.63, 3.8) is 0 Å². The molecule has 7 heteroatoms. The fourth-order valence-corrected chi connectivity index (χ4v) is 3.78. The third-order valence-corrected chi connectivity index (χ3v) is 5.99. The van der Waals surface area contributed by atoms with Crippen molar-refractivity contribution in [2.75, 3.05) is 18.9 Å². The summed E-state index contributed by atoms with van der Waals surface area (Å²) in [4.78, 5) is 11.6. The molecule has 0 rings (SSSR count). The SMILES string of the molecule is CCCCCCCCCCCCCCCCCC(=O)COS(=O)(=O)CC[NH-].[Na+]. The van der Waals surface area contributed by atoms with Gasteiger partial charge in [-0.15, -0.1) is 6.54 Å². The summed E-state index contributed by atoms with van der Waals surface area (Å²) in [5, 5.41) is 0. The minimum atomic E-state index is -3.69. The third kappa shape index (κ3) is 22.8. The molecule has 0 heterocycles. The van der Waals surface area contributed by atoms with Crippen LogP contribution in [0, 0.1) is 0 Å². The number of rotatable bonds is 21. The zero-order valence-corrected chi connectivity index (χ0v) is 21.3. The molecule has 5 nitrogen and oxygen atoms in total. The van der Waals surface area contributed by atoms with Gasteiger partial charge >= 0.3 is 29.6 Å². The van der Waals surface area contributed by atoms with Crippen LogP contribution in [0.2, 0.25) is 0 Å². The molecular weight excluding hydrogens is 385 g/mol. The van der Waals surface area contributed by atoms with Crippen LogP contribution in [0.1, 0.15) is 110 Å². The molecule has 0 fully saturated rings. The van der Waals surface area contributed by atoms with Crippen LogP contribution in [0.25, 0.3) is 5.73 Å². The van der Waals surface area contributed by atoms with E-state index in [0.717, 1.165) is 19.3 Å². The molecule has 0 radical (unpaired) electrons. The van der Waals surface area contributed by atoms with E-state index in [1.54, 1.807) is 0 Å². The van der Waals surface area contributed by atoms with Crippen LogP contribution in [-0.4, -0.2) is 33.1 Å². The fourth-order valence-electron chi connectivity index (χ4n) is 3.11. The Morgan fingerprint density at radius 1 is 0.750 bits per heavy atom. The quantitative estimate of drug-likeness (QED) is 0.160. The molecule has 0 saturated heterocycles. The number of hydrogen-bond acceptors (Lipinski definition) is 4. The molecule has 162 valence electrons. The second-order valence-corrected chi connectivity index (χ2v) is 9.27. The van der Waals surface area contributed by atoms with Crippen molar-refractivity contribution in [3.05, 3.63) is 5.73 Å². The Balaban J connectivity index is 0.